The molecule has 0 aliphatic heterocycles. The van der Waals surface area contributed by atoms with Crippen LogP contribution >= 0.6 is 0 Å². The minimum atomic E-state index is -0.359. The van der Waals surface area contributed by atoms with Gasteiger partial charge in [-0.2, -0.15) is 0 Å². The minimum Gasteiger partial charge on any atom is -0.493 e. The maximum atomic E-state index is 13.5. The molecule has 1 fully saturated rings. The molecule has 6 nitrogen and oxygen atoms in total. The van der Waals surface area contributed by atoms with Gasteiger partial charge in [-0.3, -0.25) is 4.79 Å². The second-order valence-electron chi connectivity index (χ2n) is 8.19. The van der Waals surface area contributed by atoms with E-state index in [2.05, 4.69) is 10.5 Å². The van der Waals surface area contributed by atoms with Crippen molar-refractivity contribution in [3.8, 4) is 28.2 Å². The van der Waals surface area contributed by atoms with Crippen LogP contribution in [0.1, 0.15) is 34.7 Å². The fourth-order valence-corrected chi connectivity index (χ4v) is 3.95. The number of nitrogens with zero attached hydrogens (tertiary/aromatic N) is 1. The third-order valence-electron chi connectivity index (χ3n) is 5.82. The van der Waals surface area contributed by atoms with Gasteiger partial charge < -0.3 is 19.0 Å². The highest BCUT2D eigenvalue weighted by Gasteiger charge is 2.27. The van der Waals surface area contributed by atoms with Gasteiger partial charge in [-0.15, -0.1) is 0 Å². The lowest BCUT2D eigenvalue weighted by Gasteiger charge is -2.12. The van der Waals surface area contributed by atoms with E-state index in [1.54, 1.807) is 19.2 Å². The standard InChI is InChI=1S/C25H23FN2O4/c1-13-22(14(2)32-28-13)18-11-21-19(10-20(18)30-12-15-4-5-15)23(25(29)27-3)24(31-21)16-6-8-17(26)9-7-16/h6-11,15H,4-5,12H2,1-3H3,(H,27,29). The Balaban J connectivity index is 1.75. The second kappa shape index (κ2) is 7.82. The van der Waals surface area contributed by atoms with Crippen LogP contribution in [0.25, 0.3) is 33.4 Å². The molecule has 5 rings (SSSR count). The maximum absolute atomic E-state index is 13.5. The smallest absolute Gasteiger partial charge is 0.255 e. The average Bonchev–Trinajstić information content (AvgIpc) is 3.46. The predicted octanol–water partition coefficient (Wildman–Crippen LogP) is 5.66. The first-order valence-corrected chi connectivity index (χ1v) is 10.6. The number of amides is 1. The Morgan fingerprint density at radius 2 is 1.97 bits per heavy atom. The summed E-state index contributed by atoms with van der Waals surface area (Å²) in [7, 11) is 1.57. The van der Waals surface area contributed by atoms with Gasteiger partial charge >= 0.3 is 0 Å². The van der Waals surface area contributed by atoms with E-state index in [9.17, 15) is 9.18 Å². The first-order chi connectivity index (χ1) is 15.5. The van der Waals surface area contributed by atoms with E-state index < -0.39 is 0 Å². The molecule has 7 heteroatoms. The van der Waals surface area contributed by atoms with Crippen molar-refractivity contribution in [1.29, 1.82) is 0 Å². The molecule has 0 atom stereocenters. The molecule has 32 heavy (non-hydrogen) atoms. The van der Waals surface area contributed by atoms with Crippen LogP contribution in [0.15, 0.2) is 45.3 Å². The highest BCUT2D eigenvalue weighted by Crippen LogP contribution is 2.43. The molecule has 1 saturated carbocycles. The zero-order valence-electron chi connectivity index (χ0n) is 18.1. The highest BCUT2D eigenvalue weighted by atomic mass is 19.1. The highest BCUT2D eigenvalue weighted by molar-refractivity contribution is 6.12. The van der Waals surface area contributed by atoms with Crippen LogP contribution < -0.4 is 10.1 Å². The van der Waals surface area contributed by atoms with Gasteiger partial charge in [0.2, 0.25) is 0 Å². The lowest BCUT2D eigenvalue weighted by molar-refractivity contribution is 0.0964. The summed E-state index contributed by atoms with van der Waals surface area (Å²) in [5.41, 5.74) is 3.92. The normalized spacial score (nSPS) is 13.5. The van der Waals surface area contributed by atoms with Crippen molar-refractivity contribution in [2.24, 2.45) is 5.92 Å². The number of aromatic nitrogens is 1. The van der Waals surface area contributed by atoms with Gasteiger partial charge in [0.15, 0.2) is 0 Å². The molecule has 4 aromatic rings. The van der Waals surface area contributed by atoms with Gasteiger partial charge in [0.25, 0.3) is 5.91 Å². The molecule has 0 bridgehead atoms. The Morgan fingerprint density at radius 1 is 1.22 bits per heavy atom. The van der Waals surface area contributed by atoms with Crippen molar-refractivity contribution in [1.82, 2.24) is 10.5 Å². The Bertz CT molecular complexity index is 1300. The lowest BCUT2D eigenvalue weighted by Crippen LogP contribution is -2.18. The molecular weight excluding hydrogens is 411 g/mol. The Morgan fingerprint density at radius 3 is 2.59 bits per heavy atom. The van der Waals surface area contributed by atoms with E-state index in [4.69, 9.17) is 13.7 Å². The van der Waals surface area contributed by atoms with Gasteiger partial charge in [-0.1, -0.05) is 5.16 Å². The quantitative estimate of drug-likeness (QED) is 0.424. The van der Waals surface area contributed by atoms with Crippen LogP contribution in [0, 0.1) is 25.6 Å². The summed E-state index contributed by atoms with van der Waals surface area (Å²) in [5, 5.41) is 7.39. The number of furan rings is 1. The van der Waals surface area contributed by atoms with Crippen LogP contribution in [0.2, 0.25) is 0 Å². The zero-order chi connectivity index (χ0) is 22.4. The zero-order valence-corrected chi connectivity index (χ0v) is 18.1. The fraction of sp³-hybridized carbons (Fsp3) is 0.280. The number of hydrogen-bond donors (Lipinski definition) is 1. The number of carbonyl (C=O) groups excluding carboxylic acids is 1. The molecule has 1 amide bonds. The first-order valence-electron chi connectivity index (χ1n) is 10.6. The van der Waals surface area contributed by atoms with Crippen LogP contribution in [-0.4, -0.2) is 24.7 Å². The lowest BCUT2D eigenvalue weighted by atomic mass is 9.99. The molecule has 1 aliphatic rings. The van der Waals surface area contributed by atoms with Gasteiger partial charge in [0.1, 0.15) is 28.7 Å². The predicted molar refractivity (Wildman–Crippen MR) is 118 cm³/mol. The number of nitrogens with one attached hydrogen (secondary N) is 1. The Labute approximate surface area is 184 Å². The summed E-state index contributed by atoms with van der Waals surface area (Å²) in [4.78, 5) is 12.8. The number of fused-ring (bicyclic) bond motifs is 1. The summed E-state index contributed by atoms with van der Waals surface area (Å²) in [6.45, 7) is 4.34. The van der Waals surface area contributed by atoms with Crippen LogP contribution in [0.5, 0.6) is 5.75 Å². The van der Waals surface area contributed by atoms with Crippen LogP contribution in [0.4, 0.5) is 4.39 Å². The number of halogens is 1. The number of aryl methyl sites for hydroxylation is 2. The first kappa shape index (κ1) is 20.3. The molecular formula is C25H23FN2O4. The van der Waals surface area contributed by atoms with Crippen LogP contribution in [-0.2, 0) is 0 Å². The van der Waals surface area contributed by atoms with Gasteiger partial charge in [-0.05, 0) is 69.0 Å². The SMILES string of the molecule is CNC(=O)c1c(-c2ccc(F)cc2)oc2cc(-c3c(C)noc3C)c(OCC3CC3)cc12. The summed E-state index contributed by atoms with van der Waals surface area (Å²) in [5.74, 6) is 1.61. The second-order valence-corrected chi connectivity index (χ2v) is 8.19. The van der Waals surface area contributed by atoms with Crippen molar-refractivity contribution < 1.29 is 22.9 Å². The summed E-state index contributed by atoms with van der Waals surface area (Å²) < 4.78 is 31.2. The largest absolute Gasteiger partial charge is 0.493 e. The fourth-order valence-electron chi connectivity index (χ4n) is 3.95. The van der Waals surface area contributed by atoms with E-state index in [1.165, 1.54) is 12.1 Å². The van der Waals surface area contributed by atoms with Crippen molar-refractivity contribution >= 4 is 16.9 Å². The molecule has 164 valence electrons. The number of carbonyl (C=O) groups is 1. The Hall–Kier alpha value is -3.61. The molecule has 0 spiro atoms. The number of ether oxygens (including phenoxy) is 1. The number of benzene rings is 2. The van der Waals surface area contributed by atoms with E-state index in [-0.39, 0.29) is 11.7 Å². The summed E-state index contributed by atoms with van der Waals surface area (Å²) in [6, 6.07) is 9.59. The molecule has 2 aromatic heterocycles. The molecule has 0 radical (unpaired) electrons. The molecule has 0 unspecified atom stereocenters. The molecule has 2 aromatic carbocycles. The summed E-state index contributed by atoms with van der Waals surface area (Å²) in [6.07, 6.45) is 2.32. The van der Waals surface area contributed by atoms with Crippen LogP contribution in [0.3, 0.4) is 0 Å². The number of hydrogen-bond acceptors (Lipinski definition) is 5. The van der Waals surface area contributed by atoms with Crippen molar-refractivity contribution in [3.05, 3.63) is 59.2 Å². The molecule has 0 saturated heterocycles. The third-order valence-corrected chi connectivity index (χ3v) is 5.82. The van der Waals surface area contributed by atoms with E-state index >= 15 is 0 Å². The average molecular weight is 434 g/mol. The molecule has 1 N–H and O–H groups in total. The van der Waals surface area contributed by atoms with Crippen molar-refractivity contribution in [2.45, 2.75) is 26.7 Å². The maximum Gasteiger partial charge on any atom is 0.255 e. The number of rotatable bonds is 6. The van der Waals surface area contributed by atoms with Crippen molar-refractivity contribution in [2.75, 3.05) is 13.7 Å². The topological polar surface area (TPSA) is 77.5 Å². The van der Waals surface area contributed by atoms with Crippen molar-refractivity contribution in [3.63, 3.8) is 0 Å². The van der Waals surface area contributed by atoms with Gasteiger partial charge in [-0.25, -0.2) is 4.39 Å². The minimum absolute atomic E-state index is 0.290. The molecule has 2 heterocycles. The van der Waals surface area contributed by atoms with Gasteiger partial charge in [0.05, 0.1) is 23.4 Å². The molecule has 1 aliphatic carbocycles. The monoisotopic (exact) mass is 434 g/mol. The third kappa shape index (κ3) is 3.53. The van der Waals surface area contributed by atoms with E-state index in [0.29, 0.717) is 51.9 Å². The Kier molecular flexibility index (Phi) is 4.96. The van der Waals surface area contributed by atoms with Gasteiger partial charge in [0, 0.05) is 23.6 Å². The summed E-state index contributed by atoms with van der Waals surface area (Å²) >= 11 is 0. The van der Waals surface area contributed by atoms with E-state index in [1.807, 2.05) is 26.0 Å². The van der Waals surface area contributed by atoms with E-state index in [0.717, 1.165) is 29.7 Å².